The number of carbonyl (C=O) groups is 6. The van der Waals surface area contributed by atoms with Gasteiger partial charge < -0.3 is 33.0 Å². The second-order valence-electron chi connectivity index (χ2n) is 17.9. The smallest absolute Gasteiger partial charge is 0.270 e. The lowest BCUT2D eigenvalue weighted by molar-refractivity contribution is -0.118. The van der Waals surface area contributed by atoms with Crippen LogP contribution >= 0.6 is 0 Å². The molecule has 6 aromatic rings. The van der Waals surface area contributed by atoms with Crippen molar-refractivity contribution in [2.75, 3.05) is 25.1 Å². The van der Waals surface area contributed by atoms with Gasteiger partial charge >= 0.3 is 0 Å². The van der Waals surface area contributed by atoms with E-state index in [2.05, 4.69) is 9.98 Å². The first-order valence-electron chi connectivity index (χ1n) is 22.8. The van der Waals surface area contributed by atoms with Gasteiger partial charge in [-0.3, -0.25) is 38.7 Å². The molecule has 8 rings (SSSR count). The highest BCUT2D eigenvalue weighted by Gasteiger charge is 2.36. The first kappa shape index (κ1) is 47.0. The number of hydrogen-bond donors (Lipinski definition) is 1. The van der Waals surface area contributed by atoms with E-state index in [0.717, 1.165) is 23.2 Å². The summed E-state index contributed by atoms with van der Waals surface area (Å²) in [6.45, 7) is 2.49. The van der Waals surface area contributed by atoms with Gasteiger partial charge in [0.1, 0.15) is 17.2 Å². The van der Waals surface area contributed by atoms with E-state index in [0.29, 0.717) is 75.9 Å². The zero-order valence-electron chi connectivity index (χ0n) is 39.3. The molecule has 6 heterocycles. The summed E-state index contributed by atoms with van der Waals surface area (Å²) in [6.07, 6.45) is 11.0. The van der Waals surface area contributed by atoms with Crippen LogP contribution in [0.4, 0.5) is 11.4 Å². The van der Waals surface area contributed by atoms with Crippen molar-refractivity contribution in [3.05, 3.63) is 141 Å². The number of aryl methyl sites for hydroxylation is 4. The summed E-state index contributed by atoms with van der Waals surface area (Å²) in [5, 5.41) is 10.2. The van der Waals surface area contributed by atoms with Crippen LogP contribution in [0, 0.1) is 0 Å². The number of ether oxygens (including phenoxy) is 1. The Morgan fingerprint density at radius 2 is 1.40 bits per heavy atom. The number of Topliss-reactive ketones (excluding diaryl/α,β-unsaturated/α-hetero) is 4. The Morgan fingerprint density at radius 3 is 2.04 bits per heavy atom. The van der Waals surface area contributed by atoms with Gasteiger partial charge in [-0.2, -0.15) is 0 Å². The fourth-order valence-electron chi connectivity index (χ4n) is 9.26. The van der Waals surface area contributed by atoms with Crippen LogP contribution in [0.1, 0.15) is 112 Å². The number of fused-ring (bicyclic) bond motifs is 4. The highest BCUT2D eigenvalue weighted by Crippen LogP contribution is 2.39. The molecule has 1 unspecified atom stereocenters. The summed E-state index contributed by atoms with van der Waals surface area (Å²) >= 11 is 0. The van der Waals surface area contributed by atoms with Crippen LogP contribution < -0.4 is 9.64 Å². The monoisotopic (exact) mass is 920 g/mol. The maximum atomic E-state index is 13.7. The number of benzene rings is 2. The van der Waals surface area contributed by atoms with Gasteiger partial charge in [-0.05, 0) is 65.4 Å². The highest BCUT2D eigenvalue weighted by atomic mass is 16.5. The predicted molar refractivity (Wildman–Crippen MR) is 256 cm³/mol. The van der Waals surface area contributed by atoms with Gasteiger partial charge in [-0.1, -0.05) is 25.1 Å². The van der Waals surface area contributed by atoms with E-state index < -0.39 is 0 Å². The molecular weight excluding hydrogens is 865 g/mol. The molecule has 16 nitrogen and oxygen atoms in total. The molecule has 0 bridgehead atoms. The summed E-state index contributed by atoms with van der Waals surface area (Å²) in [5.41, 5.74) is 7.12. The van der Waals surface area contributed by atoms with Crippen LogP contribution in [-0.4, -0.2) is 101 Å². The predicted octanol–water partition coefficient (Wildman–Crippen LogP) is 5.94. The average molecular weight is 921 g/mol. The van der Waals surface area contributed by atoms with Crippen molar-refractivity contribution in [1.29, 1.82) is 0 Å². The molecule has 0 saturated heterocycles. The van der Waals surface area contributed by atoms with Crippen LogP contribution in [0.3, 0.4) is 0 Å². The number of aliphatic hydroxyl groups excluding tert-OH is 1. The maximum absolute atomic E-state index is 13.7. The average Bonchev–Trinajstić information content (AvgIpc) is 4.12. The number of aromatic nitrogens is 5. The molecule has 2 aliphatic heterocycles. The Kier molecular flexibility index (Phi) is 13.7. The van der Waals surface area contributed by atoms with E-state index in [1.807, 2.05) is 31.2 Å². The summed E-state index contributed by atoms with van der Waals surface area (Å²) in [5.74, 6) is -0.358. The number of carbonyl (C=O) groups excluding carboxylic acids is 6. The number of hydrogen-bond acceptors (Lipinski definition) is 10. The third kappa shape index (κ3) is 9.81. The summed E-state index contributed by atoms with van der Waals surface area (Å²) in [4.78, 5) is 92.6. The van der Waals surface area contributed by atoms with Crippen LogP contribution in [0.25, 0.3) is 0 Å². The minimum atomic E-state index is -0.343. The largest absolute Gasteiger partial charge is 0.493 e. The lowest BCUT2D eigenvalue weighted by Crippen LogP contribution is -2.37. The number of para-hydroxylation sites is 1. The molecule has 0 spiro atoms. The normalized spacial score (nSPS) is 13.8. The van der Waals surface area contributed by atoms with Crippen LogP contribution in [0.15, 0.2) is 84.4 Å². The molecule has 2 aromatic carbocycles. The van der Waals surface area contributed by atoms with Gasteiger partial charge in [-0.15, -0.1) is 0 Å². The SMILES string of the molecule is CCCN(C)C(=O)c1cc(CC(=O)c2cc(CC(=O)c3cc(CC(=O)c4nc(CC(=O)CCCOc5cc6c(cc5CO)C(=O)N5c7ccccc7CC5C=N6)cn4C)cn3C)cn2C)cn1C. The number of nitrogens with zero attached hydrogens (tertiary/aromatic N) is 8. The van der Waals surface area contributed by atoms with Crippen molar-refractivity contribution < 1.29 is 38.6 Å². The molecule has 0 radical (unpaired) electrons. The second kappa shape index (κ2) is 19.8. The number of ketones is 4. The van der Waals surface area contributed by atoms with E-state index in [1.165, 1.54) is 0 Å². The van der Waals surface area contributed by atoms with Crippen molar-refractivity contribution in [2.24, 2.45) is 33.2 Å². The number of anilines is 1. The summed E-state index contributed by atoms with van der Waals surface area (Å²) < 4.78 is 12.8. The van der Waals surface area contributed by atoms with Gasteiger partial charge in [0, 0.05) is 122 Å². The van der Waals surface area contributed by atoms with Crippen molar-refractivity contribution in [1.82, 2.24) is 28.2 Å². The maximum Gasteiger partial charge on any atom is 0.270 e. The van der Waals surface area contributed by atoms with E-state index in [-0.39, 0.29) is 92.1 Å². The zero-order valence-corrected chi connectivity index (χ0v) is 39.3. The van der Waals surface area contributed by atoms with Gasteiger partial charge in [0.25, 0.3) is 11.8 Å². The van der Waals surface area contributed by atoms with Gasteiger partial charge in [0.2, 0.25) is 5.78 Å². The van der Waals surface area contributed by atoms with Gasteiger partial charge in [-0.25, -0.2) is 4.98 Å². The first-order valence-corrected chi connectivity index (χ1v) is 22.8. The first-order chi connectivity index (χ1) is 32.6. The molecule has 4 aromatic heterocycles. The molecule has 1 N–H and O–H groups in total. The number of rotatable bonds is 20. The molecule has 1 atom stereocenters. The molecule has 2 aliphatic rings. The Morgan fingerprint density at radius 1 is 0.779 bits per heavy atom. The highest BCUT2D eigenvalue weighted by molar-refractivity contribution is 6.14. The third-order valence-corrected chi connectivity index (χ3v) is 12.6. The molecule has 2 amide bonds. The topological polar surface area (TPSA) is 183 Å². The van der Waals surface area contributed by atoms with E-state index in [1.54, 1.807) is 125 Å². The van der Waals surface area contributed by atoms with Gasteiger partial charge in [0.05, 0.1) is 54.0 Å². The molecule has 0 saturated carbocycles. The lowest BCUT2D eigenvalue weighted by Gasteiger charge is -2.22. The molecule has 0 aliphatic carbocycles. The van der Waals surface area contributed by atoms with Crippen molar-refractivity contribution in [2.45, 2.75) is 70.9 Å². The van der Waals surface area contributed by atoms with E-state index in [9.17, 15) is 33.9 Å². The summed E-state index contributed by atoms with van der Waals surface area (Å²) in [6, 6.07) is 16.1. The Bertz CT molecular complexity index is 3000. The lowest BCUT2D eigenvalue weighted by atomic mass is 10.1. The minimum absolute atomic E-state index is 0.00678. The molecule has 68 heavy (non-hydrogen) atoms. The Balaban J connectivity index is 0.818. The number of aliphatic imine (C=N–C) groups is 1. The van der Waals surface area contributed by atoms with Crippen molar-refractivity contribution in [3.8, 4) is 5.75 Å². The molecule has 0 fully saturated rings. The van der Waals surface area contributed by atoms with Gasteiger partial charge in [0.15, 0.2) is 17.4 Å². The molecule has 16 heteroatoms. The second-order valence-corrected chi connectivity index (χ2v) is 17.9. The number of amides is 2. The van der Waals surface area contributed by atoms with Crippen molar-refractivity contribution in [3.63, 3.8) is 0 Å². The standard InChI is InChI=1S/C52H56N8O8/c1-7-14-55(2)52(67)45-18-34(29-58(45)5)20-47(64)43-16-32(27-56(43)3)19-46(63)44-17-33(28-57(44)4)21-48(65)50-54-37(30-59(50)6)24-39(62)12-10-15-68-49-25-41-40(23-36(49)31-61)51(66)60-38(26-53-41)22-35-11-8-9-13-42(35)60/h8-9,11,13,16-18,23,25-30,38,61H,7,10,12,14-15,19-22,24,31H2,1-6H3. The van der Waals surface area contributed by atoms with Crippen LogP contribution in [0.2, 0.25) is 0 Å². The Hall–Kier alpha value is -7.46. The van der Waals surface area contributed by atoms with E-state index >= 15 is 0 Å². The fourth-order valence-corrected chi connectivity index (χ4v) is 9.26. The van der Waals surface area contributed by atoms with Crippen molar-refractivity contribution >= 4 is 52.5 Å². The Labute approximate surface area is 394 Å². The van der Waals surface area contributed by atoms with E-state index in [4.69, 9.17) is 4.74 Å². The minimum Gasteiger partial charge on any atom is -0.493 e. The number of aliphatic hydroxyl groups is 1. The fraction of sp³-hybridized carbons (Fsp3) is 0.346. The molecular formula is C52H56N8O8. The van der Waals surface area contributed by atoms with Crippen LogP contribution in [-0.2, 0) is 71.7 Å². The number of imidazole rings is 1. The van der Waals surface area contributed by atoms with Crippen LogP contribution in [0.5, 0.6) is 5.75 Å². The third-order valence-electron chi connectivity index (χ3n) is 12.6. The quantitative estimate of drug-likeness (QED) is 0.0715. The zero-order chi connectivity index (χ0) is 48.4. The molecule has 352 valence electrons. The summed E-state index contributed by atoms with van der Waals surface area (Å²) in [7, 11) is 8.75.